The summed E-state index contributed by atoms with van der Waals surface area (Å²) in [4.78, 5) is 4.04. The van der Waals surface area contributed by atoms with E-state index in [0.717, 1.165) is 0 Å². The Morgan fingerprint density at radius 1 is 1.30 bits per heavy atom. The highest BCUT2D eigenvalue weighted by Crippen LogP contribution is 2.11. The van der Waals surface area contributed by atoms with Crippen LogP contribution in [0.25, 0.3) is 5.70 Å². The highest BCUT2D eigenvalue weighted by molar-refractivity contribution is 5.51. The third kappa shape index (κ3) is 6.44. The average molecular weight is 318 g/mol. The van der Waals surface area contributed by atoms with Crippen molar-refractivity contribution in [3.05, 3.63) is 66.1 Å². The van der Waals surface area contributed by atoms with E-state index >= 15 is 0 Å². The number of hydrogen-bond acceptors (Lipinski definition) is 5. The van der Waals surface area contributed by atoms with Gasteiger partial charge in [0.05, 0.1) is 5.70 Å². The van der Waals surface area contributed by atoms with E-state index in [2.05, 4.69) is 16.7 Å². The van der Waals surface area contributed by atoms with Gasteiger partial charge in [-0.15, -0.1) is 0 Å². The minimum Gasteiger partial charge on any atom is -0.396 e. The van der Waals surface area contributed by atoms with Crippen LogP contribution in [0.15, 0.2) is 47.5 Å². The summed E-state index contributed by atoms with van der Waals surface area (Å²) in [6, 6.07) is 6.22. The smallest absolute Gasteiger partial charge is 0.228 e. The zero-order chi connectivity index (χ0) is 17.2. The molecule has 0 spiro atoms. The van der Waals surface area contributed by atoms with Gasteiger partial charge in [-0.05, 0) is 31.9 Å². The summed E-state index contributed by atoms with van der Waals surface area (Å²) in [5.41, 5.74) is 12.2. The van der Waals surface area contributed by atoms with Gasteiger partial charge in [0.25, 0.3) is 0 Å². The third-order valence-corrected chi connectivity index (χ3v) is 2.97. The predicted molar refractivity (Wildman–Crippen MR) is 89.8 cm³/mol. The van der Waals surface area contributed by atoms with Crippen LogP contribution in [0.1, 0.15) is 31.1 Å². The number of allylic oxidation sites excluding steroid dienone is 2. The molecule has 0 fully saturated rings. The van der Waals surface area contributed by atoms with Gasteiger partial charge in [-0.2, -0.15) is 4.98 Å². The van der Waals surface area contributed by atoms with Crippen LogP contribution in [-0.2, 0) is 12.8 Å². The summed E-state index contributed by atoms with van der Waals surface area (Å²) in [6.45, 7) is 7.51. The third-order valence-electron chi connectivity index (χ3n) is 2.97. The van der Waals surface area contributed by atoms with Crippen molar-refractivity contribution in [2.24, 2.45) is 11.5 Å². The lowest BCUT2D eigenvalue weighted by Crippen LogP contribution is -2.26. The van der Waals surface area contributed by atoms with Crippen molar-refractivity contribution < 1.29 is 8.91 Å². The lowest BCUT2D eigenvalue weighted by Gasteiger charge is -2.09. The molecule has 5 nitrogen and oxygen atoms in total. The number of halogens is 1. The summed E-state index contributed by atoms with van der Waals surface area (Å²) in [6.07, 6.45) is 4.75. The molecule has 0 aliphatic heterocycles. The number of aromatic nitrogens is 2. The Morgan fingerprint density at radius 3 is 2.48 bits per heavy atom. The molecular formula is C17H23FN4O. The van der Waals surface area contributed by atoms with Crippen LogP contribution in [0.3, 0.4) is 0 Å². The largest absolute Gasteiger partial charge is 0.396 e. The van der Waals surface area contributed by atoms with Gasteiger partial charge >= 0.3 is 0 Å². The van der Waals surface area contributed by atoms with Crippen molar-refractivity contribution in [3.8, 4) is 0 Å². The maximum absolute atomic E-state index is 13.5. The second-order valence-electron chi connectivity index (χ2n) is 4.96. The molecule has 1 heterocycles. The molecule has 0 saturated heterocycles. The number of benzene rings is 1. The molecule has 0 radical (unpaired) electrons. The molecule has 124 valence electrons. The molecule has 0 aliphatic carbocycles. The molecule has 1 aromatic heterocycles. The molecule has 0 bridgehead atoms. The molecular weight excluding hydrogens is 295 g/mol. The number of rotatable bonds is 5. The van der Waals surface area contributed by atoms with Crippen LogP contribution in [0.2, 0.25) is 0 Å². The van der Waals surface area contributed by atoms with Crippen LogP contribution in [0, 0.1) is 5.82 Å². The Morgan fingerprint density at radius 2 is 1.96 bits per heavy atom. The first kappa shape index (κ1) is 18.6. The van der Waals surface area contributed by atoms with Gasteiger partial charge in [0.2, 0.25) is 11.7 Å². The van der Waals surface area contributed by atoms with Gasteiger partial charge in [-0.3, -0.25) is 0 Å². The van der Waals surface area contributed by atoms with Crippen LogP contribution in [0.5, 0.6) is 0 Å². The molecule has 0 saturated carbocycles. The van der Waals surface area contributed by atoms with Crippen molar-refractivity contribution in [1.82, 2.24) is 10.1 Å². The second-order valence-corrected chi connectivity index (χ2v) is 4.96. The maximum Gasteiger partial charge on any atom is 0.228 e. The van der Waals surface area contributed by atoms with Crippen molar-refractivity contribution in [2.75, 3.05) is 0 Å². The quantitative estimate of drug-likeness (QED) is 0.827. The van der Waals surface area contributed by atoms with Crippen LogP contribution in [-0.4, -0.2) is 16.2 Å². The van der Waals surface area contributed by atoms with E-state index in [1.54, 1.807) is 18.2 Å². The van der Waals surface area contributed by atoms with Gasteiger partial charge < -0.3 is 16.0 Å². The van der Waals surface area contributed by atoms with E-state index in [0.29, 0.717) is 24.3 Å². The molecule has 1 aromatic carbocycles. The first-order valence-electron chi connectivity index (χ1n) is 7.31. The Hall–Kier alpha value is -2.47. The molecule has 0 aliphatic rings. The standard InChI is InChI=1S/C13H15FN4O.C4H8/c1-8(15)13-17-12(19-18-13)7-10(16)6-9-4-2-3-5-11(9)14;1-3-4-2/h2-5,10H,1,6-7,15-16H2;3-4H,1-2H3/b;4-3-. The monoisotopic (exact) mass is 318 g/mol. The number of hydrogen-bond donors (Lipinski definition) is 2. The molecule has 2 aromatic rings. The van der Waals surface area contributed by atoms with Crippen molar-refractivity contribution in [1.29, 1.82) is 0 Å². The van der Waals surface area contributed by atoms with E-state index in [1.807, 2.05) is 26.0 Å². The normalized spacial score (nSPS) is 11.8. The Bertz CT molecular complexity index is 648. The van der Waals surface area contributed by atoms with Gasteiger partial charge in [-0.25, -0.2) is 4.39 Å². The highest BCUT2D eigenvalue weighted by Gasteiger charge is 2.13. The lowest BCUT2D eigenvalue weighted by atomic mass is 10.0. The fraction of sp³-hybridized carbons (Fsp3) is 0.294. The first-order chi connectivity index (χ1) is 11.0. The molecule has 1 unspecified atom stereocenters. The van der Waals surface area contributed by atoms with Crippen molar-refractivity contribution >= 4 is 5.70 Å². The minimum atomic E-state index is -0.309. The fourth-order valence-electron chi connectivity index (χ4n) is 1.71. The summed E-state index contributed by atoms with van der Waals surface area (Å²) in [5, 5.41) is 3.65. The SMILES string of the molecule is C/C=C\C.C=C(N)c1noc(CC(N)Cc2ccccc2F)n1. The Labute approximate surface area is 135 Å². The number of nitrogens with zero attached hydrogens (tertiary/aromatic N) is 2. The van der Waals surface area contributed by atoms with Crippen LogP contribution >= 0.6 is 0 Å². The Balaban J connectivity index is 0.000000593. The van der Waals surface area contributed by atoms with E-state index in [-0.39, 0.29) is 23.4 Å². The van der Waals surface area contributed by atoms with Gasteiger partial charge in [0.1, 0.15) is 5.82 Å². The second kappa shape index (κ2) is 9.53. The molecule has 23 heavy (non-hydrogen) atoms. The molecule has 4 N–H and O–H groups in total. The average Bonchev–Trinajstić information content (AvgIpc) is 2.98. The zero-order valence-electron chi connectivity index (χ0n) is 13.5. The first-order valence-corrected chi connectivity index (χ1v) is 7.31. The van der Waals surface area contributed by atoms with E-state index in [1.165, 1.54) is 6.07 Å². The lowest BCUT2D eigenvalue weighted by molar-refractivity contribution is 0.366. The van der Waals surface area contributed by atoms with Crippen LogP contribution < -0.4 is 11.5 Å². The fourth-order valence-corrected chi connectivity index (χ4v) is 1.71. The van der Waals surface area contributed by atoms with Crippen molar-refractivity contribution in [2.45, 2.75) is 32.7 Å². The topological polar surface area (TPSA) is 91.0 Å². The molecule has 6 heteroatoms. The highest BCUT2D eigenvalue weighted by atomic mass is 19.1. The molecule has 0 amide bonds. The summed E-state index contributed by atoms with van der Waals surface area (Å²) in [5.74, 6) is 0.359. The van der Waals surface area contributed by atoms with Crippen molar-refractivity contribution in [3.63, 3.8) is 0 Å². The minimum absolute atomic E-state index is 0.234. The van der Waals surface area contributed by atoms with Gasteiger partial charge in [0, 0.05) is 12.5 Å². The maximum atomic E-state index is 13.5. The van der Waals surface area contributed by atoms with Crippen LogP contribution in [0.4, 0.5) is 4.39 Å². The van der Waals surface area contributed by atoms with Gasteiger partial charge in [-0.1, -0.05) is 42.1 Å². The zero-order valence-corrected chi connectivity index (χ0v) is 13.5. The summed E-state index contributed by atoms with van der Waals surface area (Å²) in [7, 11) is 0. The molecule has 2 rings (SSSR count). The van der Waals surface area contributed by atoms with Gasteiger partial charge in [0.15, 0.2) is 0 Å². The van der Waals surface area contributed by atoms with E-state index in [4.69, 9.17) is 16.0 Å². The predicted octanol–water partition coefficient (Wildman–Crippen LogP) is 2.83. The molecule has 1 atom stereocenters. The van der Waals surface area contributed by atoms with E-state index < -0.39 is 0 Å². The summed E-state index contributed by atoms with van der Waals surface area (Å²) < 4.78 is 18.5. The summed E-state index contributed by atoms with van der Waals surface area (Å²) >= 11 is 0. The number of nitrogens with two attached hydrogens (primary N) is 2. The Kier molecular flexibility index (Phi) is 7.70. The van der Waals surface area contributed by atoms with E-state index in [9.17, 15) is 4.39 Å².